The Labute approximate surface area is 159 Å². The Balaban J connectivity index is 2.39. The van der Waals surface area contributed by atoms with Crippen LogP contribution in [0.2, 0.25) is 0 Å². The second-order valence-electron chi connectivity index (χ2n) is 5.94. The lowest BCUT2D eigenvalue weighted by Gasteiger charge is -2.15. The second-order valence-corrected chi connectivity index (χ2v) is 5.94. The number of aromatic nitrogens is 3. The highest BCUT2D eigenvalue weighted by molar-refractivity contribution is 5.88. The summed E-state index contributed by atoms with van der Waals surface area (Å²) in [6.45, 7) is 3.28. The average Bonchev–Trinajstić information content (AvgIpc) is 2.59. The van der Waals surface area contributed by atoms with E-state index in [1.54, 1.807) is 6.92 Å². The third-order valence-electron chi connectivity index (χ3n) is 3.32. The molecule has 11 heteroatoms. The maximum Gasteiger partial charge on any atom is 0.303 e. The van der Waals surface area contributed by atoms with Crippen molar-refractivity contribution < 1.29 is 23.1 Å². The number of rotatable bonds is 7. The number of alkyl halides is 2. The van der Waals surface area contributed by atoms with E-state index < -0.39 is 11.7 Å². The van der Waals surface area contributed by atoms with Crippen molar-refractivity contribution in [3.05, 3.63) is 29.8 Å². The molecule has 0 aliphatic heterocycles. The number of carbonyl (C=O) groups excluding carboxylic acids is 2. The quantitative estimate of drug-likeness (QED) is 0.658. The van der Waals surface area contributed by atoms with Gasteiger partial charge in [-0.2, -0.15) is 8.78 Å². The normalized spacial score (nSPS) is 10.9. The topological polar surface area (TPSA) is 118 Å². The Morgan fingerprint density at radius 2 is 1.93 bits per heavy atom. The van der Waals surface area contributed by atoms with E-state index in [1.165, 1.54) is 32.3 Å². The Bertz CT molecular complexity index is 886. The van der Waals surface area contributed by atoms with Gasteiger partial charge in [0.15, 0.2) is 12.4 Å². The number of amides is 2. The molecular weight excluding hydrogens is 374 g/mol. The molecule has 2 heterocycles. The number of hydrogen-bond donors (Lipinski definition) is 3. The monoisotopic (exact) mass is 394 g/mol. The predicted molar refractivity (Wildman–Crippen MR) is 97.7 cm³/mol. The van der Waals surface area contributed by atoms with Crippen molar-refractivity contribution in [1.29, 1.82) is 0 Å². The number of aryl methyl sites for hydroxylation is 1. The highest BCUT2D eigenvalue weighted by Crippen LogP contribution is 2.30. The van der Waals surface area contributed by atoms with Gasteiger partial charge in [0.2, 0.25) is 11.7 Å². The van der Waals surface area contributed by atoms with Gasteiger partial charge in [-0.05, 0) is 6.92 Å². The van der Waals surface area contributed by atoms with Crippen molar-refractivity contribution in [2.45, 2.75) is 26.7 Å². The molecule has 0 radical (unpaired) electrons. The van der Waals surface area contributed by atoms with Crippen LogP contribution in [0, 0.1) is 6.92 Å². The third-order valence-corrected chi connectivity index (χ3v) is 3.32. The molecule has 0 saturated heterocycles. The molecule has 0 aliphatic carbocycles. The van der Waals surface area contributed by atoms with Crippen LogP contribution in [0.3, 0.4) is 0 Å². The van der Waals surface area contributed by atoms with E-state index in [0.717, 1.165) is 0 Å². The minimum atomic E-state index is -3.22. The minimum absolute atomic E-state index is 0.0915. The van der Waals surface area contributed by atoms with Crippen molar-refractivity contribution in [3.63, 3.8) is 0 Å². The van der Waals surface area contributed by atoms with E-state index in [1.807, 2.05) is 0 Å². The van der Waals surface area contributed by atoms with Gasteiger partial charge in [0.05, 0.1) is 11.9 Å². The van der Waals surface area contributed by atoms with E-state index >= 15 is 0 Å². The zero-order chi connectivity index (χ0) is 20.9. The summed E-state index contributed by atoms with van der Waals surface area (Å²) in [6, 6.07) is 2.90. The van der Waals surface area contributed by atoms with E-state index in [0.29, 0.717) is 12.6 Å². The lowest BCUT2D eigenvalue weighted by atomic mass is 10.3. The highest BCUT2D eigenvalue weighted by atomic mass is 19.3. The van der Waals surface area contributed by atoms with Crippen LogP contribution < -0.4 is 20.7 Å². The Kier molecular flexibility index (Phi) is 6.39. The molecule has 2 aromatic rings. The first kappa shape index (κ1) is 20.9. The van der Waals surface area contributed by atoms with Crippen molar-refractivity contribution in [1.82, 2.24) is 20.3 Å². The van der Waals surface area contributed by atoms with Gasteiger partial charge in [-0.3, -0.25) is 9.59 Å². The molecule has 9 nitrogen and oxygen atoms in total. The first-order valence-corrected chi connectivity index (χ1v) is 8.20. The number of ether oxygens (including phenoxy) is 1. The molecule has 3 N–H and O–H groups in total. The Morgan fingerprint density at radius 3 is 2.54 bits per heavy atom. The van der Waals surface area contributed by atoms with Crippen LogP contribution in [0.4, 0.5) is 26.1 Å². The maximum absolute atomic E-state index is 13.6. The Morgan fingerprint density at radius 1 is 1.21 bits per heavy atom. The van der Waals surface area contributed by atoms with E-state index in [4.69, 9.17) is 4.74 Å². The number of nitrogens with zero attached hydrogens (tertiary/aromatic N) is 3. The number of nitrogens with one attached hydrogen (secondary N) is 3. The molecule has 0 spiro atoms. The van der Waals surface area contributed by atoms with Crippen LogP contribution in [0.25, 0.3) is 0 Å². The number of anilines is 3. The van der Waals surface area contributed by atoms with Gasteiger partial charge in [-0.15, -0.1) is 0 Å². The summed E-state index contributed by atoms with van der Waals surface area (Å²) in [5.41, 5.74) is 0.601. The molecule has 2 aromatic heterocycles. The highest BCUT2D eigenvalue weighted by Gasteiger charge is 2.29. The Hall–Kier alpha value is -3.37. The fourth-order valence-corrected chi connectivity index (χ4v) is 2.09. The molecule has 0 bridgehead atoms. The smallest absolute Gasteiger partial charge is 0.303 e. The zero-order valence-electron chi connectivity index (χ0n) is 15.8. The third kappa shape index (κ3) is 5.83. The summed E-state index contributed by atoms with van der Waals surface area (Å²) in [4.78, 5) is 34.3. The minimum Gasteiger partial charge on any atom is -0.480 e. The van der Waals surface area contributed by atoms with Gasteiger partial charge in [0, 0.05) is 38.7 Å². The summed E-state index contributed by atoms with van der Waals surface area (Å²) < 4.78 is 32.6. The summed E-state index contributed by atoms with van der Waals surface area (Å²) >= 11 is 0. The number of pyridine rings is 1. The molecule has 0 unspecified atom stereocenters. The molecule has 150 valence electrons. The second kappa shape index (κ2) is 8.55. The van der Waals surface area contributed by atoms with Gasteiger partial charge in [0.25, 0.3) is 5.91 Å². The molecule has 0 fully saturated rings. The molecule has 2 rings (SSSR count). The van der Waals surface area contributed by atoms with Gasteiger partial charge >= 0.3 is 5.92 Å². The van der Waals surface area contributed by atoms with E-state index in [2.05, 4.69) is 30.9 Å². The van der Waals surface area contributed by atoms with Crippen LogP contribution in [-0.2, 0) is 15.5 Å². The zero-order valence-corrected chi connectivity index (χ0v) is 15.8. The van der Waals surface area contributed by atoms with Crippen LogP contribution in [-0.4, -0.2) is 40.4 Å². The van der Waals surface area contributed by atoms with Crippen molar-refractivity contribution in [2.24, 2.45) is 0 Å². The number of likely N-dealkylation sites (N-methyl/N-ethyl adjacent to an activating group) is 1. The van der Waals surface area contributed by atoms with Crippen LogP contribution in [0.1, 0.15) is 25.4 Å². The van der Waals surface area contributed by atoms with Crippen molar-refractivity contribution in [3.8, 4) is 5.75 Å². The van der Waals surface area contributed by atoms with Crippen molar-refractivity contribution in [2.75, 3.05) is 24.3 Å². The number of carbonyl (C=O) groups is 2. The average molecular weight is 394 g/mol. The van der Waals surface area contributed by atoms with Crippen LogP contribution in [0.5, 0.6) is 5.75 Å². The van der Waals surface area contributed by atoms with Crippen LogP contribution in [0.15, 0.2) is 18.3 Å². The van der Waals surface area contributed by atoms with Gasteiger partial charge in [-0.1, -0.05) is 0 Å². The first-order chi connectivity index (χ1) is 13.1. The van der Waals surface area contributed by atoms with Gasteiger partial charge in [-0.25, -0.2) is 15.0 Å². The van der Waals surface area contributed by atoms with Gasteiger partial charge in [0.1, 0.15) is 11.6 Å². The molecule has 0 aromatic carbocycles. The summed E-state index contributed by atoms with van der Waals surface area (Å²) in [5.74, 6) is -4.12. The van der Waals surface area contributed by atoms with E-state index in [9.17, 15) is 18.4 Å². The van der Waals surface area contributed by atoms with Crippen molar-refractivity contribution >= 4 is 29.1 Å². The lowest BCUT2D eigenvalue weighted by molar-refractivity contribution is -0.122. The standard InChI is InChI=1S/C17H20F2N6O3/c1-9-5-14(25-16(22-9)17(3,18)19)24-11-6-13(23-10(2)26)21-7-12(11)28-8-15(27)20-4/h5-7H,8H2,1-4H3,(H,20,27)(H2,21,22,23,24,25,26). The molecule has 0 saturated carbocycles. The molecule has 0 aliphatic rings. The first-order valence-electron chi connectivity index (χ1n) is 8.20. The van der Waals surface area contributed by atoms with Crippen LogP contribution >= 0.6 is 0 Å². The van der Waals surface area contributed by atoms with E-state index in [-0.39, 0.29) is 41.5 Å². The number of hydrogen-bond acceptors (Lipinski definition) is 7. The lowest BCUT2D eigenvalue weighted by Crippen LogP contribution is -2.25. The molecule has 0 atom stereocenters. The predicted octanol–water partition coefficient (Wildman–Crippen LogP) is 2.12. The maximum atomic E-state index is 13.6. The summed E-state index contributed by atoms with van der Waals surface area (Å²) in [5, 5.41) is 7.76. The fourth-order valence-electron chi connectivity index (χ4n) is 2.09. The van der Waals surface area contributed by atoms with Gasteiger partial charge < -0.3 is 20.7 Å². The molecule has 28 heavy (non-hydrogen) atoms. The summed E-state index contributed by atoms with van der Waals surface area (Å²) in [7, 11) is 1.46. The molecule has 2 amide bonds. The number of halogens is 2. The largest absolute Gasteiger partial charge is 0.480 e. The SMILES string of the molecule is CNC(=O)COc1cnc(NC(C)=O)cc1Nc1cc(C)nc(C(C)(F)F)n1. The molecular formula is C17H20F2N6O3. The summed E-state index contributed by atoms with van der Waals surface area (Å²) in [6.07, 6.45) is 1.29. The fraction of sp³-hybridized carbons (Fsp3) is 0.353.